The zero-order valence-corrected chi connectivity index (χ0v) is 15.7. The smallest absolute Gasteiger partial charge is 0.251 e. The minimum atomic E-state index is -0.161. The first-order valence-corrected chi connectivity index (χ1v) is 8.07. The number of rotatable bonds is 6. The number of nitrogens with zero attached hydrogens (tertiary/aromatic N) is 2. The fraction of sp³-hybridized carbons (Fsp3) is 0.294. The molecule has 1 amide bonds. The molecule has 1 aromatic carbocycles. The van der Waals surface area contributed by atoms with Crippen LogP contribution in [-0.4, -0.2) is 39.2 Å². The quantitative estimate of drug-likeness (QED) is 0.817. The van der Waals surface area contributed by atoms with E-state index in [1.165, 1.54) is 0 Å². The predicted molar refractivity (Wildman–Crippen MR) is 97.0 cm³/mol. The van der Waals surface area contributed by atoms with Gasteiger partial charge in [0.15, 0.2) is 11.5 Å². The van der Waals surface area contributed by atoms with E-state index in [0.717, 1.165) is 15.9 Å². The van der Waals surface area contributed by atoms with Gasteiger partial charge in [0.2, 0.25) is 0 Å². The van der Waals surface area contributed by atoms with Crippen molar-refractivity contribution in [2.45, 2.75) is 6.54 Å². The molecule has 24 heavy (non-hydrogen) atoms. The molecule has 0 fully saturated rings. The first-order valence-electron chi connectivity index (χ1n) is 7.28. The van der Waals surface area contributed by atoms with Gasteiger partial charge < -0.3 is 19.7 Å². The molecule has 0 bridgehead atoms. The summed E-state index contributed by atoms with van der Waals surface area (Å²) in [5.41, 5.74) is 1.46. The lowest BCUT2D eigenvalue weighted by molar-refractivity contribution is 0.0951. The number of methoxy groups -OCH3 is 2. The first-order chi connectivity index (χ1) is 11.5. The van der Waals surface area contributed by atoms with Crippen LogP contribution in [0.2, 0.25) is 0 Å². The van der Waals surface area contributed by atoms with Crippen LogP contribution in [-0.2, 0) is 6.54 Å². The van der Waals surface area contributed by atoms with Gasteiger partial charge in [0, 0.05) is 32.4 Å². The van der Waals surface area contributed by atoms with Gasteiger partial charge in [-0.1, -0.05) is 0 Å². The lowest BCUT2D eigenvalue weighted by atomic mass is 10.2. The van der Waals surface area contributed by atoms with Crippen molar-refractivity contribution < 1.29 is 14.3 Å². The van der Waals surface area contributed by atoms with Crippen LogP contribution >= 0.6 is 15.9 Å². The van der Waals surface area contributed by atoms with E-state index in [0.29, 0.717) is 23.6 Å². The maximum absolute atomic E-state index is 12.3. The van der Waals surface area contributed by atoms with Crippen molar-refractivity contribution in [3.8, 4) is 11.5 Å². The summed E-state index contributed by atoms with van der Waals surface area (Å²) in [5, 5.41) is 2.89. The Balaban J connectivity index is 2.12. The molecule has 7 heteroatoms. The summed E-state index contributed by atoms with van der Waals surface area (Å²) < 4.78 is 11.4. The Bertz CT molecular complexity index is 735. The Morgan fingerprint density at radius 2 is 2.00 bits per heavy atom. The maximum atomic E-state index is 12.3. The van der Waals surface area contributed by atoms with Crippen LogP contribution in [0.15, 0.2) is 34.9 Å². The minimum absolute atomic E-state index is 0.161. The van der Waals surface area contributed by atoms with Crippen molar-refractivity contribution in [1.82, 2.24) is 10.3 Å². The molecule has 1 heterocycles. The molecule has 0 atom stereocenters. The third kappa shape index (κ3) is 4.17. The number of carbonyl (C=O) groups is 1. The normalized spacial score (nSPS) is 10.2. The molecule has 0 aliphatic rings. The lowest BCUT2D eigenvalue weighted by Gasteiger charge is -2.13. The summed E-state index contributed by atoms with van der Waals surface area (Å²) in [6.07, 6.45) is 1.62. The van der Waals surface area contributed by atoms with E-state index >= 15 is 0 Å². The molecule has 6 nitrogen and oxygen atoms in total. The minimum Gasteiger partial charge on any atom is -0.493 e. The van der Waals surface area contributed by atoms with E-state index in [2.05, 4.69) is 26.2 Å². The Morgan fingerprint density at radius 3 is 2.62 bits per heavy atom. The van der Waals surface area contributed by atoms with Gasteiger partial charge in [-0.05, 0) is 45.8 Å². The van der Waals surface area contributed by atoms with Gasteiger partial charge in [-0.3, -0.25) is 4.79 Å². The van der Waals surface area contributed by atoms with E-state index in [-0.39, 0.29) is 5.91 Å². The number of ether oxygens (including phenoxy) is 2. The SMILES string of the molecule is COc1cc(CNC(=O)c2ccnc(N(C)C)c2)cc(Br)c1OC. The number of pyridine rings is 1. The highest BCUT2D eigenvalue weighted by Gasteiger charge is 2.12. The number of aromatic nitrogens is 1. The van der Waals surface area contributed by atoms with E-state index in [9.17, 15) is 4.79 Å². The second-order valence-electron chi connectivity index (χ2n) is 5.29. The van der Waals surface area contributed by atoms with Crippen LogP contribution < -0.4 is 19.7 Å². The Hall–Kier alpha value is -2.28. The number of hydrogen-bond donors (Lipinski definition) is 1. The van der Waals surface area contributed by atoms with Crippen LogP contribution in [0, 0.1) is 0 Å². The molecule has 128 valence electrons. The number of amides is 1. The molecule has 0 saturated carbocycles. The highest BCUT2D eigenvalue weighted by molar-refractivity contribution is 9.10. The molecular formula is C17H20BrN3O3. The van der Waals surface area contributed by atoms with Crippen molar-refractivity contribution >= 4 is 27.7 Å². The average molecular weight is 394 g/mol. The molecule has 2 rings (SSSR count). The number of anilines is 1. The average Bonchev–Trinajstić information content (AvgIpc) is 2.59. The summed E-state index contributed by atoms with van der Waals surface area (Å²) in [6.45, 7) is 0.372. The Kier molecular flexibility index (Phi) is 6.03. The van der Waals surface area contributed by atoms with Crippen molar-refractivity contribution in [2.75, 3.05) is 33.2 Å². The van der Waals surface area contributed by atoms with Crippen LogP contribution in [0.5, 0.6) is 11.5 Å². The Labute approximate surface area is 149 Å². The fourth-order valence-corrected chi connectivity index (χ4v) is 2.81. The number of nitrogens with one attached hydrogen (secondary N) is 1. The van der Waals surface area contributed by atoms with E-state index in [1.54, 1.807) is 32.5 Å². The summed E-state index contributed by atoms with van der Waals surface area (Å²) in [4.78, 5) is 18.4. The molecule has 0 saturated heterocycles. The van der Waals surface area contributed by atoms with Crippen molar-refractivity contribution in [3.63, 3.8) is 0 Å². The van der Waals surface area contributed by atoms with E-state index < -0.39 is 0 Å². The summed E-state index contributed by atoms with van der Waals surface area (Å²) in [6, 6.07) is 7.16. The highest BCUT2D eigenvalue weighted by Crippen LogP contribution is 2.36. The molecule has 0 aliphatic heterocycles. The number of carbonyl (C=O) groups excluding carboxylic acids is 1. The van der Waals surface area contributed by atoms with Gasteiger partial charge in [0.25, 0.3) is 5.91 Å². The van der Waals surface area contributed by atoms with Crippen molar-refractivity contribution in [1.29, 1.82) is 0 Å². The van der Waals surface area contributed by atoms with Gasteiger partial charge >= 0.3 is 0 Å². The molecular weight excluding hydrogens is 374 g/mol. The maximum Gasteiger partial charge on any atom is 0.251 e. The summed E-state index contributed by atoms with van der Waals surface area (Å²) in [5.74, 6) is 1.80. The van der Waals surface area contributed by atoms with Crippen LogP contribution in [0.1, 0.15) is 15.9 Å². The van der Waals surface area contributed by atoms with Crippen molar-refractivity contribution in [2.24, 2.45) is 0 Å². The largest absolute Gasteiger partial charge is 0.493 e. The number of hydrogen-bond acceptors (Lipinski definition) is 5. The fourth-order valence-electron chi connectivity index (χ4n) is 2.16. The van der Waals surface area contributed by atoms with Crippen LogP contribution in [0.4, 0.5) is 5.82 Å². The first kappa shape index (κ1) is 18.1. The van der Waals surface area contributed by atoms with Gasteiger partial charge in [-0.15, -0.1) is 0 Å². The van der Waals surface area contributed by atoms with Crippen LogP contribution in [0.25, 0.3) is 0 Å². The highest BCUT2D eigenvalue weighted by atomic mass is 79.9. The molecule has 0 radical (unpaired) electrons. The molecule has 1 aromatic heterocycles. The number of benzene rings is 1. The Morgan fingerprint density at radius 1 is 1.25 bits per heavy atom. The van der Waals surface area contributed by atoms with Gasteiger partial charge in [-0.25, -0.2) is 4.98 Å². The molecule has 0 spiro atoms. The van der Waals surface area contributed by atoms with E-state index in [1.807, 2.05) is 31.1 Å². The van der Waals surface area contributed by atoms with Crippen molar-refractivity contribution in [3.05, 3.63) is 46.1 Å². The second kappa shape index (κ2) is 8.01. The standard InChI is InChI=1S/C17H20BrN3O3/c1-21(2)15-9-12(5-6-19-15)17(22)20-10-11-7-13(18)16(24-4)14(8-11)23-3/h5-9H,10H2,1-4H3,(H,20,22). The molecule has 2 aromatic rings. The third-order valence-electron chi connectivity index (χ3n) is 3.41. The monoisotopic (exact) mass is 393 g/mol. The van der Waals surface area contributed by atoms with Gasteiger partial charge in [0.1, 0.15) is 5.82 Å². The molecule has 0 aliphatic carbocycles. The van der Waals surface area contributed by atoms with E-state index in [4.69, 9.17) is 9.47 Å². The third-order valence-corrected chi connectivity index (χ3v) is 4.00. The van der Waals surface area contributed by atoms with Crippen LogP contribution in [0.3, 0.4) is 0 Å². The molecule has 0 unspecified atom stereocenters. The summed E-state index contributed by atoms with van der Waals surface area (Å²) in [7, 11) is 6.92. The molecule has 1 N–H and O–H groups in total. The topological polar surface area (TPSA) is 63.7 Å². The lowest BCUT2D eigenvalue weighted by Crippen LogP contribution is -2.23. The zero-order valence-electron chi connectivity index (χ0n) is 14.1. The summed E-state index contributed by atoms with van der Waals surface area (Å²) >= 11 is 3.44. The number of halogens is 1. The van der Waals surface area contributed by atoms with Gasteiger partial charge in [0.05, 0.1) is 18.7 Å². The second-order valence-corrected chi connectivity index (χ2v) is 6.15. The zero-order chi connectivity index (χ0) is 17.7. The predicted octanol–water partition coefficient (Wildman–Crippen LogP) is 2.86. The van der Waals surface area contributed by atoms with Gasteiger partial charge in [-0.2, -0.15) is 0 Å².